The standard InChI is InChI=1S/C19H20N2O4/c1-20-17(23)6-3-11-21-19(25)14-9-7-13(8-10-14)18(24)15-4-2-5-16(22)12-15/h2,4-5,7-10,12,22H,3,6,11H2,1H3,(H,20,23)(H,21,25). The molecule has 0 atom stereocenters. The fourth-order valence-electron chi connectivity index (χ4n) is 2.26. The molecule has 0 saturated heterocycles. The van der Waals surface area contributed by atoms with Crippen LogP contribution in [0.2, 0.25) is 0 Å². The topological polar surface area (TPSA) is 95.5 Å². The second kappa shape index (κ2) is 8.63. The highest BCUT2D eigenvalue weighted by atomic mass is 16.3. The van der Waals surface area contributed by atoms with E-state index in [1.54, 1.807) is 43.4 Å². The molecule has 0 unspecified atom stereocenters. The number of carbonyl (C=O) groups is 3. The van der Waals surface area contributed by atoms with E-state index in [0.29, 0.717) is 36.1 Å². The zero-order valence-corrected chi connectivity index (χ0v) is 13.9. The molecule has 2 rings (SSSR count). The number of hydrogen-bond donors (Lipinski definition) is 3. The summed E-state index contributed by atoms with van der Waals surface area (Å²) in [5, 5.41) is 14.7. The molecule has 0 spiro atoms. The first-order chi connectivity index (χ1) is 12.0. The van der Waals surface area contributed by atoms with Crippen LogP contribution in [0, 0.1) is 0 Å². The van der Waals surface area contributed by atoms with Crippen molar-refractivity contribution >= 4 is 17.6 Å². The molecule has 2 aromatic rings. The van der Waals surface area contributed by atoms with E-state index in [4.69, 9.17) is 0 Å². The van der Waals surface area contributed by atoms with Gasteiger partial charge in [-0.2, -0.15) is 0 Å². The van der Waals surface area contributed by atoms with Crippen LogP contribution in [0.4, 0.5) is 0 Å². The van der Waals surface area contributed by atoms with Gasteiger partial charge in [0.15, 0.2) is 5.78 Å². The summed E-state index contributed by atoms with van der Waals surface area (Å²) >= 11 is 0. The Hall–Kier alpha value is -3.15. The number of phenolic OH excluding ortho intramolecular Hbond substituents is 1. The molecule has 0 aliphatic rings. The quantitative estimate of drug-likeness (QED) is 0.530. The molecule has 6 heteroatoms. The third-order valence-corrected chi connectivity index (χ3v) is 3.66. The van der Waals surface area contributed by atoms with Gasteiger partial charge in [-0.25, -0.2) is 0 Å². The normalized spacial score (nSPS) is 10.1. The lowest BCUT2D eigenvalue weighted by Crippen LogP contribution is -2.26. The number of ketones is 1. The van der Waals surface area contributed by atoms with Crippen molar-refractivity contribution in [3.05, 3.63) is 65.2 Å². The lowest BCUT2D eigenvalue weighted by Gasteiger charge is -2.06. The van der Waals surface area contributed by atoms with Gasteiger partial charge in [-0.1, -0.05) is 24.3 Å². The summed E-state index contributed by atoms with van der Waals surface area (Å²) in [4.78, 5) is 35.5. The largest absolute Gasteiger partial charge is 0.508 e. The average Bonchev–Trinajstić information content (AvgIpc) is 2.64. The zero-order valence-electron chi connectivity index (χ0n) is 13.9. The lowest BCUT2D eigenvalue weighted by atomic mass is 10.0. The minimum atomic E-state index is -0.256. The Morgan fingerprint density at radius 2 is 1.64 bits per heavy atom. The lowest BCUT2D eigenvalue weighted by molar-refractivity contribution is -0.120. The van der Waals surface area contributed by atoms with Crippen molar-refractivity contribution in [3.63, 3.8) is 0 Å². The molecule has 3 N–H and O–H groups in total. The molecule has 0 saturated carbocycles. The van der Waals surface area contributed by atoms with E-state index in [0.717, 1.165) is 0 Å². The summed E-state index contributed by atoms with van der Waals surface area (Å²) in [6.07, 6.45) is 0.910. The molecule has 2 amide bonds. The molecular weight excluding hydrogens is 320 g/mol. The Labute approximate surface area is 145 Å². The van der Waals surface area contributed by atoms with Crippen molar-refractivity contribution < 1.29 is 19.5 Å². The van der Waals surface area contributed by atoms with Crippen molar-refractivity contribution in [2.24, 2.45) is 0 Å². The van der Waals surface area contributed by atoms with Gasteiger partial charge in [0.2, 0.25) is 5.91 Å². The van der Waals surface area contributed by atoms with E-state index in [-0.39, 0.29) is 23.3 Å². The van der Waals surface area contributed by atoms with Gasteiger partial charge in [0, 0.05) is 36.7 Å². The van der Waals surface area contributed by atoms with Crippen LogP contribution in [0.25, 0.3) is 0 Å². The van der Waals surface area contributed by atoms with Gasteiger partial charge in [0.05, 0.1) is 0 Å². The maximum Gasteiger partial charge on any atom is 0.251 e. The maximum absolute atomic E-state index is 12.3. The van der Waals surface area contributed by atoms with Crippen LogP contribution in [0.15, 0.2) is 48.5 Å². The highest BCUT2D eigenvalue weighted by molar-refractivity contribution is 6.09. The fourth-order valence-corrected chi connectivity index (χ4v) is 2.26. The van der Waals surface area contributed by atoms with Crippen LogP contribution in [0.3, 0.4) is 0 Å². The number of aromatic hydroxyl groups is 1. The first-order valence-electron chi connectivity index (χ1n) is 7.94. The zero-order chi connectivity index (χ0) is 18.2. The summed E-state index contributed by atoms with van der Waals surface area (Å²) in [6.45, 7) is 0.399. The Morgan fingerprint density at radius 1 is 0.960 bits per heavy atom. The van der Waals surface area contributed by atoms with Crippen LogP contribution >= 0.6 is 0 Å². The Balaban J connectivity index is 1.94. The number of nitrogens with one attached hydrogen (secondary N) is 2. The fraction of sp³-hybridized carbons (Fsp3) is 0.211. The van der Waals surface area contributed by atoms with E-state index < -0.39 is 0 Å². The minimum Gasteiger partial charge on any atom is -0.508 e. The number of phenols is 1. The molecule has 2 aromatic carbocycles. The van der Waals surface area contributed by atoms with Crippen molar-refractivity contribution in [2.75, 3.05) is 13.6 Å². The number of amides is 2. The Kier molecular flexibility index (Phi) is 6.28. The average molecular weight is 340 g/mol. The molecule has 6 nitrogen and oxygen atoms in total. The van der Waals surface area contributed by atoms with Gasteiger partial charge in [-0.3, -0.25) is 14.4 Å². The number of benzene rings is 2. The van der Waals surface area contributed by atoms with Crippen molar-refractivity contribution in [3.8, 4) is 5.75 Å². The van der Waals surface area contributed by atoms with Crippen molar-refractivity contribution in [2.45, 2.75) is 12.8 Å². The Bertz CT molecular complexity index is 769. The predicted octanol–water partition coefficient (Wildman–Crippen LogP) is 1.88. The van der Waals surface area contributed by atoms with Gasteiger partial charge in [-0.05, 0) is 30.7 Å². The van der Waals surface area contributed by atoms with Crippen LogP contribution in [-0.4, -0.2) is 36.3 Å². The molecule has 0 heterocycles. The summed E-state index contributed by atoms with van der Waals surface area (Å²) in [6, 6.07) is 12.4. The van der Waals surface area contributed by atoms with Crippen LogP contribution in [-0.2, 0) is 4.79 Å². The van der Waals surface area contributed by atoms with E-state index in [1.165, 1.54) is 12.1 Å². The first kappa shape index (κ1) is 18.2. The third-order valence-electron chi connectivity index (χ3n) is 3.66. The van der Waals surface area contributed by atoms with Gasteiger partial charge < -0.3 is 15.7 Å². The summed E-state index contributed by atoms with van der Waals surface area (Å²) in [5.41, 5.74) is 1.25. The molecule has 0 bridgehead atoms. The molecule has 25 heavy (non-hydrogen) atoms. The summed E-state index contributed by atoms with van der Waals surface area (Å²) in [7, 11) is 1.57. The molecule has 0 fully saturated rings. The van der Waals surface area contributed by atoms with E-state index >= 15 is 0 Å². The van der Waals surface area contributed by atoms with E-state index in [2.05, 4.69) is 10.6 Å². The number of rotatable bonds is 7. The molecule has 0 aliphatic carbocycles. The van der Waals surface area contributed by atoms with E-state index in [1.807, 2.05) is 0 Å². The Morgan fingerprint density at radius 3 is 2.28 bits per heavy atom. The second-order valence-corrected chi connectivity index (χ2v) is 5.49. The molecule has 130 valence electrons. The molecule has 0 radical (unpaired) electrons. The third kappa shape index (κ3) is 5.17. The van der Waals surface area contributed by atoms with Crippen molar-refractivity contribution in [1.82, 2.24) is 10.6 Å². The van der Waals surface area contributed by atoms with Gasteiger partial charge in [0.25, 0.3) is 5.91 Å². The summed E-state index contributed by atoms with van der Waals surface area (Å²) < 4.78 is 0. The van der Waals surface area contributed by atoms with E-state index in [9.17, 15) is 19.5 Å². The maximum atomic E-state index is 12.3. The first-order valence-corrected chi connectivity index (χ1v) is 7.94. The second-order valence-electron chi connectivity index (χ2n) is 5.49. The van der Waals surface area contributed by atoms with Crippen molar-refractivity contribution in [1.29, 1.82) is 0 Å². The molecule has 0 aliphatic heterocycles. The van der Waals surface area contributed by atoms with Crippen LogP contribution in [0.1, 0.15) is 39.1 Å². The predicted molar refractivity (Wildman–Crippen MR) is 93.6 cm³/mol. The van der Waals surface area contributed by atoms with Crippen LogP contribution < -0.4 is 10.6 Å². The van der Waals surface area contributed by atoms with Gasteiger partial charge in [0.1, 0.15) is 5.75 Å². The molecular formula is C19H20N2O4. The van der Waals surface area contributed by atoms with Gasteiger partial charge >= 0.3 is 0 Å². The number of carbonyl (C=O) groups excluding carboxylic acids is 3. The highest BCUT2D eigenvalue weighted by Gasteiger charge is 2.11. The number of hydrogen-bond acceptors (Lipinski definition) is 4. The minimum absolute atomic E-state index is 0.0265. The van der Waals surface area contributed by atoms with Gasteiger partial charge in [-0.15, -0.1) is 0 Å². The SMILES string of the molecule is CNC(=O)CCCNC(=O)c1ccc(C(=O)c2cccc(O)c2)cc1. The summed E-state index contributed by atoms with van der Waals surface area (Å²) in [5.74, 6) is -0.524. The molecule has 0 aromatic heterocycles. The highest BCUT2D eigenvalue weighted by Crippen LogP contribution is 2.16. The smallest absolute Gasteiger partial charge is 0.251 e. The monoisotopic (exact) mass is 340 g/mol. The van der Waals surface area contributed by atoms with Crippen LogP contribution in [0.5, 0.6) is 5.75 Å².